The molecule has 0 aromatic heterocycles. The van der Waals surface area contributed by atoms with Gasteiger partial charge in [0.25, 0.3) is 0 Å². The second-order valence-corrected chi connectivity index (χ2v) is 7.54. The van der Waals surface area contributed by atoms with Crippen molar-refractivity contribution in [2.75, 3.05) is 37.0 Å². The molecular formula is C26H24N2O2. The summed E-state index contributed by atoms with van der Waals surface area (Å²) in [6.45, 7) is 0.752. The van der Waals surface area contributed by atoms with E-state index in [0.29, 0.717) is 35.4 Å². The number of benzene rings is 3. The second-order valence-electron chi connectivity index (χ2n) is 7.54. The average molecular weight is 396 g/mol. The summed E-state index contributed by atoms with van der Waals surface area (Å²) in [7, 11) is 3.89. The molecular weight excluding hydrogens is 372 g/mol. The van der Waals surface area contributed by atoms with E-state index in [1.807, 2.05) is 96.7 Å². The van der Waals surface area contributed by atoms with Crippen LogP contribution in [0.4, 0.5) is 11.4 Å². The van der Waals surface area contributed by atoms with Crippen LogP contribution in [0, 0.1) is 0 Å². The number of anilines is 2. The Bertz CT molecular complexity index is 1020. The van der Waals surface area contributed by atoms with Gasteiger partial charge in [-0.25, -0.2) is 0 Å². The van der Waals surface area contributed by atoms with E-state index in [4.69, 9.17) is 0 Å². The van der Waals surface area contributed by atoms with Crippen molar-refractivity contribution in [3.63, 3.8) is 0 Å². The van der Waals surface area contributed by atoms with Crippen LogP contribution in [0.1, 0.15) is 20.7 Å². The Morgan fingerprint density at radius 1 is 0.533 bits per heavy atom. The molecule has 0 amide bonds. The van der Waals surface area contributed by atoms with Crippen molar-refractivity contribution in [1.82, 2.24) is 0 Å². The van der Waals surface area contributed by atoms with E-state index < -0.39 is 0 Å². The highest BCUT2D eigenvalue weighted by Gasteiger charge is 2.32. The van der Waals surface area contributed by atoms with Crippen LogP contribution in [0.2, 0.25) is 0 Å². The first-order chi connectivity index (χ1) is 14.6. The third-order valence-electron chi connectivity index (χ3n) is 5.51. The molecule has 4 nitrogen and oxygen atoms in total. The van der Waals surface area contributed by atoms with Gasteiger partial charge in [-0.1, -0.05) is 60.7 Å². The van der Waals surface area contributed by atoms with Gasteiger partial charge in [0.1, 0.15) is 0 Å². The quantitative estimate of drug-likeness (QED) is 0.609. The van der Waals surface area contributed by atoms with E-state index >= 15 is 0 Å². The molecule has 3 aromatic rings. The van der Waals surface area contributed by atoms with Crippen molar-refractivity contribution >= 4 is 22.9 Å². The molecule has 3 aromatic carbocycles. The molecule has 1 aliphatic rings. The van der Waals surface area contributed by atoms with Gasteiger partial charge in [0, 0.05) is 60.8 Å². The highest BCUT2D eigenvalue weighted by atomic mass is 16.1. The largest absolute Gasteiger partial charge is 0.370 e. The van der Waals surface area contributed by atoms with Gasteiger partial charge in [-0.2, -0.15) is 0 Å². The molecule has 0 fully saturated rings. The van der Waals surface area contributed by atoms with Crippen LogP contribution in [0.3, 0.4) is 0 Å². The van der Waals surface area contributed by atoms with E-state index in [2.05, 4.69) is 0 Å². The molecule has 0 saturated carbocycles. The summed E-state index contributed by atoms with van der Waals surface area (Å²) >= 11 is 0. The molecule has 0 atom stereocenters. The minimum Gasteiger partial charge on any atom is -0.370 e. The van der Waals surface area contributed by atoms with E-state index in [-0.39, 0.29) is 11.6 Å². The van der Waals surface area contributed by atoms with Gasteiger partial charge >= 0.3 is 0 Å². The number of rotatable bonds is 6. The standard InChI is InChI=1S/C26H24N2O2/c1-27(19-11-5-3-6-12-19)17-23-24(18-28(2)20-13-7-4-8-14-20)26(30)22-16-10-9-15-21(22)25(23)29/h3-16H,17-18H2,1-2H3. The minimum absolute atomic E-state index is 0.0653. The van der Waals surface area contributed by atoms with Crippen molar-refractivity contribution in [2.45, 2.75) is 0 Å². The smallest absolute Gasteiger partial charge is 0.192 e. The van der Waals surface area contributed by atoms with Crippen LogP contribution in [0.25, 0.3) is 0 Å². The van der Waals surface area contributed by atoms with E-state index in [1.165, 1.54) is 0 Å². The molecule has 1 aliphatic carbocycles. The van der Waals surface area contributed by atoms with Gasteiger partial charge in [0.05, 0.1) is 0 Å². The fourth-order valence-corrected chi connectivity index (χ4v) is 3.83. The number of Topliss-reactive ketones (excluding diaryl/α,β-unsaturated/α-hetero) is 2. The average Bonchev–Trinajstić information content (AvgIpc) is 2.80. The summed E-state index contributed by atoms with van der Waals surface area (Å²) < 4.78 is 0. The maximum Gasteiger partial charge on any atom is 0.192 e. The number of carbonyl (C=O) groups excluding carboxylic acids is 2. The van der Waals surface area contributed by atoms with Gasteiger partial charge in [0.2, 0.25) is 0 Å². The lowest BCUT2D eigenvalue weighted by molar-refractivity contribution is 0.0972. The maximum atomic E-state index is 13.4. The van der Waals surface area contributed by atoms with Crippen molar-refractivity contribution in [1.29, 1.82) is 0 Å². The van der Waals surface area contributed by atoms with Crippen LogP contribution < -0.4 is 9.80 Å². The van der Waals surface area contributed by atoms with Gasteiger partial charge in [-0.15, -0.1) is 0 Å². The van der Waals surface area contributed by atoms with Crippen LogP contribution in [0.15, 0.2) is 96.1 Å². The first-order valence-electron chi connectivity index (χ1n) is 9.99. The summed E-state index contributed by atoms with van der Waals surface area (Å²) in [5.74, 6) is -0.131. The number of fused-ring (bicyclic) bond motifs is 1. The Balaban J connectivity index is 1.74. The van der Waals surface area contributed by atoms with Gasteiger partial charge in [0.15, 0.2) is 11.6 Å². The van der Waals surface area contributed by atoms with Crippen molar-refractivity contribution < 1.29 is 9.59 Å². The van der Waals surface area contributed by atoms with E-state index in [1.54, 1.807) is 12.1 Å². The predicted octanol–water partition coefficient (Wildman–Crippen LogP) is 4.64. The van der Waals surface area contributed by atoms with Crippen LogP contribution in [-0.4, -0.2) is 38.8 Å². The summed E-state index contributed by atoms with van der Waals surface area (Å²) in [6, 6.07) is 26.9. The predicted molar refractivity (Wildman–Crippen MR) is 122 cm³/mol. The third kappa shape index (κ3) is 3.77. The minimum atomic E-state index is -0.0653. The maximum absolute atomic E-state index is 13.4. The lowest BCUT2D eigenvalue weighted by Crippen LogP contribution is -2.34. The van der Waals surface area contributed by atoms with Gasteiger partial charge < -0.3 is 9.80 Å². The molecule has 0 aliphatic heterocycles. The molecule has 0 saturated heterocycles. The number of likely N-dealkylation sites (N-methyl/N-ethyl adjacent to an activating group) is 2. The van der Waals surface area contributed by atoms with Gasteiger partial charge in [-0.05, 0) is 24.3 Å². The second kappa shape index (κ2) is 8.37. The number of para-hydroxylation sites is 2. The molecule has 0 unspecified atom stereocenters. The van der Waals surface area contributed by atoms with Crippen LogP contribution in [-0.2, 0) is 0 Å². The Labute approximate surface area is 177 Å². The molecule has 150 valence electrons. The lowest BCUT2D eigenvalue weighted by atomic mass is 9.83. The Kier molecular flexibility index (Phi) is 5.48. The number of ketones is 2. The zero-order valence-electron chi connectivity index (χ0n) is 17.2. The molecule has 30 heavy (non-hydrogen) atoms. The summed E-state index contributed by atoms with van der Waals surface area (Å²) in [4.78, 5) is 30.8. The van der Waals surface area contributed by atoms with Crippen LogP contribution in [0.5, 0.6) is 0 Å². The zero-order chi connectivity index (χ0) is 21.1. The van der Waals surface area contributed by atoms with Crippen LogP contribution >= 0.6 is 0 Å². The number of carbonyl (C=O) groups is 2. The fraction of sp³-hybridized carbons (Fsp3) is 0.154. The monoisotopic (exact) mass is 396 g/mol. The molecule has 4 heteroatoms. The topological polar surface area (TPSA) is 40.6 Å². The SMILES string of the molecule is CN(CC1=C(CN(C)c2ccccc2)C(=O)c2ccccc2C1=O)c1ccccc1. The van der Waals surface area contributed by atoms with Crippen molar-refractivity contribution in [3.8, 4) is 0 Å². The first kappa shape index (κ1) is 19.6. The first-order valence-corrected chi connectivity index (χ1v) is 9.99. The molecule has 0 bridgehead atoms. The third-order valence-corrected chi connectivity index (χ3v) is 5.51. The molecule has 0 heterocycles. The molecule has 0 N–H and O–H groups in total. The lowest BCUT2D eigenvalue weighted by Gasteiger charge is -2.28. The van der Waals surface area contributed by atoms with Gasteiger partial charge in [-0.3, -0.25) is 9.59 Å². The highest BCUT2D eigenvalue weighted by molar-refractivity contribution is 6.27. The molecule has 0 spiro atoms. The number of hydrogen-bond donors (Lipinski definition) is 0. The summed E-state index contributed by atoms with van der Waals surface area (Å²) in [6.07, 6.45) is 0. The number of hydrogen-bond acceptors (Lipinski definition) is 4. The van der Waals surface area contributed by atoms with E-state index in [0.717, 1.165) is 11.4 Å². The Hall–Kier alpha value is -3.66. The Morgan fingerprint density at radius 2 is 0.867 bits per heavy atom. The number of nitrogens with zero attached hydrogens (tertiary/aromatic N) is 2. The summed E-state index contributed by atoms with van der Waals surface area (Å²) in [5, 5.41) is 0. The normalized spacial score (nSPS) is 13.3. The molecule has 4 rings (SSSR count). The van der Waals surface area contributed by atoms with Crippen molar-refractivity contribution in [2.24, 2.45) is 0 Å². The Morgan fingerprint density at radius 3 is 1.23 bits per heavy atom. The van der Waals surface area contributed by atoms with E-state index in [9.17, 15) is 9.59 Å². The summed E-state index contributed by atoms with van der Waals surface area (Å²) in [5.41, 5.74) is 4.11. The molecule has 0 radical (unpaired) electrons. The highest BCUT2D eigenvalue weighted by Crippen LogP contribution is 2.29. The van der Waals surface area contributed by atoms with Crippen molar-refractivity contribution in [3.05, 3.63) is 107 Å². The fourth-order valence-electron chi connectivity index (χ4n) is 3.83. The zero-order valence-corrected chi connectivity index (χ0v) is 17.2.